The summed E-state index contributed by atoms with van der Waals surface area (Å²) in [6.07, 6.45) is -0.760. The van der Waals surface area contributed by atoms with Gasteiger partial charge in [-0.15, -0.1) is 0 Å². The summed E-state index contributed by atoms with van der Waals surface area (Å²) in [4.78, 5) is 37.9. The van der Waals surface area contributed by atoms with Crippen LogP contribution in [0, 0.1) is 0 Å². The number of nitrogens with zero attached hydrogens (tertiary/aromatic N) is 2. The first-order valence-corrected chi connectivity index (χ1v) is 11.6. The number of aliphatic carboxylic acids is 1. The lowest BCUT2D eigenvalue weighted by atomic mass is 9.98. The molecule has 0 radical (unpaired) electrons. The maximum atomic E-state index is 12.9. The SMILES string of the molecule is O=C(O)CN(Cc1ccccc1)C(=O)c1cc(NC(=O)OCC2c3ccccc3-c3ccccc32)on1. The maximum absolute atomic E-state index is 12.9. The molecule has 9 heteroatoms. The van der Waals surface area contributed by atoms with Crippen LogP contribution in [0.2, 0.25) is 0 Å². The van der Waals surface area contributed by atoms with Gasteiger partial charge in [0.1, 0.15) is 13.2 Å². The summed E-state index contributed by atoms with van der Waals surface area (Å²) in [7, 11) is 0. The van der Waals surface area contributed by atoms with Crippen LogP contribution in [0.5, 0.6) is 0 Å². The van der Waals surface area contributed by atoms with E-state index in [1.807, 2.05) is 54.6 Å². The molecule has 186 valence electrons. The van der Waals surface area contributed by atoms with Crippen molar-refractivity contribution in [3.63, 3.8) is 0 Å². The van der Waals surface area contributed by atoms with Gasteiger partial charge in [-0.25, -0.2) is 4.79 Å². The number of rotatable bonds is 8. The number of benzene rings is 3. The van der Waals surface area contributed by atoms with Crippen LogP contribution < -0.4 is 5.32 Å². The second-order valence-corrected chi connectivity index (χ2v) is 8.57. The van der Waals surface area contributed by atoms with Gasteiger partial charge in [-0.1, -0.05) is 84.0 Å². The number of ether oxygens (including phenoxy) is 1. The van der Waals surface area contributed by atoms with E-state index in [-0.39, 0.29) is 30.6 Å². The average molecular weight is 498 g/mol. The number of hydrogen-bond acceptors (Lipinski definition) is 6. The fourth-order valence-corrected chi connectivity index (χ4v) is 4.50. The molecule has 4 aromatic rings. The van der Waals surface area contributed by atoms with Crippen molar-refractivity contribution in [2.45, 2.75) is 12.5 Å². The molecule has 3 aromatic carbocycles. The van der Waals surface area contributed by atoms with Crippen LogP contribution in [0.4, 0.5) is 10.7 Å². The molecule has 2 amide bonds. The van der Waals surface area contributed by atoms with Crippen LogP contribution >= 0.6 is 0 Å². The molecule has 0 fully saturated rings. The molecule has 0 aliphatic heterocycles. The van der Waals surface area contributed by atoms with Crippen LogP contribution in [0.1, 0.15) is 33.1 Å². The minimum Gasteiger partial charge on any atom is -0.480 e. The number of amides is 2. The number of nitrogens with one attached hydrogen (secondary N) is 1. The van der Waals surface area contributed by atoms with E-state index in [0.717, 1.165) is 32.7 Å². The van der Waals surface area contributed by atoms with Crippen LogP contribution in [-0.4, -0.2) is 46.3 Å². The maximum Gasteiger partial charge on any atom is 0.414 e. The summed E-state index contributed by atoms with van der Waals surface area (Å²) >= 11 is 0. The van der Waals surface area contributed by atoms with Gasteiger partial charge < -0.3 is 19.3 Å². The summed E-state index contributed by atoms with van der Waals surface area (Å²) in [5.41, 5.74) is 5.03. The lowest BCUT2D eigenvalue weighted by Crippen LogP contribution is -2.35. The van der Waals surface area contributed by atoms with Crippen LogP contribution in [0.15, 0.2) is 89.5 Å². The molecule has 0 unspecified atom stereocenters. The van der Waals surface area contributed by atoms with Crippen molar-refractivity contribution in [2.75, 3.05) is 18.5 Å². The molecule has 0 spiro atoms. The normalized spacial score (nSPS) is 11.9. The van der Waals surface area contributed by atoms with Crippen molar-refractivity contribution >= 4 is 23.9 Å². The van der Waals surface area contributed by atoms with Gasteiger partial charge in [-0.3, -0.25) is 14.9 Å². The standard InChI is InChI=1S/C28H23N3O6/c32-26(33)16-31(15-18-8-2-1-3-9-18)27(34)24-14-25(37-30-24)29-28(35)36-17-23-21-12-6-4-10-19(21)20-11-5-7-13-22(20)23/h1-14,23H,15-17H2,(H,29,35)(H,32,33). The first-order chi connectivity index (χ1) is 18.0. The fraction of sp³-hybridized carbons (Fsp3) is 0.143. The Kier molecular flexibility index (Phi) is 6.67. The smallest absolute Gasteiger partial charge is 0.414 e. The molecule has 37 heavy (non-hydrogen) atoms. The topological polar surface area (TPSA) is 122 Å². The molecule has 0 saturated heterocycles. The number of carboxylic acid groups (broad SMARTS) is 1. The summed E-state index contributed by atoms with van der Waals surface area (Å²) < 4.78 is 10.6. The van der Waals surface area contributed by atoms with E-state index in [0.29, 0.717) is 0 Å². The van der Waals surface area contributed by atoms with Crippen LogP contribution in [0.3, 0.4) is 0 Å². The molecule has 0 atom stereocenters. The van der Waals surface area contributed by atoms with Crippen LogP contribution in [0.25, 0.3) is 11.1 Å². The summed E-state index contributed by atoms with van der Waals surface area (Å²) in [5.74, 6) is -2.00. The van der Waals surface area contributed by atoms with E-state index in [9.17, 15) is 19.5 Å². The van der Waals surface area contributed by atoms with Gasteiger partial charge in [-0.05, 0) is 27.8 Å². The van der Waals surface area contributed by atoms with Crippen molar-refractivity contribution in [1.82, 2.24) is 10.1 Å². The number of carbonyl (C=O) groups is 3. The zero-order chi connectivity index (χ0) is 25.8. The number of carbonyl (C=O) groups excluding carboxylic acids is 2. The zero-order valence-corrected chi connectivity index (χ0v) is 19.7. The Balaban J connectivity index is 1.23. The fourth-order valence-electron chi connectivity index (χ4n) is 4.50. The van der Waals surface area contributed by atoms with E-state index in [1.165, 1.54) is 6.07 Å². The Hall–Kier alpha value is -4.92. The highest BCUT2D eigenvalue weighted by Gasteiger charge is 2.29. The van der Waals surface area contributed by atoms with E-state index in [2.05, 4.69) is 10.5 Å². The molecule has 0 saturated carbocycles. The number of aromatic nitrogens is 1. The van der Waals surface area contributed by atoms with Gasteiger partial charge in [0.15, 0.2) is 5.69 Å². The quantitative estimate of drug-likeness (QED) is 0.360. The number of anilines is 1. The van der Waals surface area contributed by atoms with Crippen molar-refractivity contribution in [3.8, 4) is 11.1 Å². The molecular weight excluding hydrogens is 474 g/mol. The highest BCUT2D eigenvalue weighted by atomic mass is 16.6. The minimum absolute atomic E-state index is 0.0774. The van der Waals surface area contributed by atoms with Gasteiger partial charge in [0.2, 0.25) is 5.88 Å². The third kappa shape index (κ3) is 5.20. The Bertz CT molecular complexity index is 1400. The lowest BCUT2D eigenvalue weighted by Gasteiger charge is -2.19. The van der Waals surface area contributed by atoms with Gasteiger partial charge >= 0.3 is 12.1 Å². The average Bonchev–Trinajstić information content (AvgIpc) is 3.49. The van der Waals surface area contributed by atoms with E-state index < -0.39 is 24.5 Å². The summed E-state index contributed by atoms with van der Waals surface area (Å²) in [5, 5.41) is 15.4. The molecule has 0 bridgehead atoms. The Labute approximate surface area is 212 Å². The molecule has 9 nitrogen and oxygen atoms in total. The first-order valence-electron chi connectivity index (χ1n) is 11.6. The number of fused-ring (bicyclic) bond motifs is 3. The molecule has 1 heterocycles. The second-order valence-electron chi connectivity index (χ2n) is 8.57. The third-order valence-corrected chi connectivity index (χ3v) is 6.13. The Morgan fingerprint density at radius 1 is 0.919 bits per heavy atom. The lowest BCUT2D eigenvalue weighted by molar-refractivity contribution is -0.137. The van der Waals surface area contributed by atoms with Gasteiger partial charge in [0.25, 0.3) is 5.91 Å². The third-order valence-electron chi connectivity index (χ3n) is 6.13. The monoisotopic (exact) mass is 497 g/mol. The molecular formula is C28H23N3O6. The summed E-state index contributed by atoms with van der Waals surface area (Å²) in [6.45, 7) is -0.326. The van der Waals surface area contributed by atoms with Crippen molar-refractivity contribution in [3.05, 3.63) is 107 Å². The predicted octanol–water partition coefficient (Wildman–Crippen LogP) is 4.76. The van der Waals surface area contributed by atoms with Crippen molar-refractivity contribution < 1.29 is 28.8 Å². The zero-order valence-electron chi connectivity index (χ0n) is 19.7. The second kappa shape index (κ2) is 10.4. The largest absolute Gasteiger partial charge is 0.480 e. The molecule has 1 aliphatic rings. The summed E-state index contributed by atoms with van der Waals surface area (Å²) in [6, 6.07) is 26.2. The number of carboxylic acids is 1. The minimum atomic E-state index is -1.16. The Morgan fingerprint density at radius 3 is 2.19 bits per heavy atom. The molecule has 1 aromatic heterocycles. The highest BCUT2D eigenvalue weighted by Crippen LogP contribution is 2.44. The molecule has 2 N–H and O–H groups in total. The molecule has 5 rings (SSSR count). The van der Waals surface area contributed by atoms with E-state index in [4.69, 9.17) is 9.26 Å². The Morgan fingerprint density at radius 2 is 1.54 bits per heavy atom. The van der Waals surface area contributed by atoms with Crippen LogP contribution in [-0.2, 0) is 16.1 Å². The number of hydrogen-bond donors (Lipinski definition) is 2. The van der Waals surface area contributed by atoms with Crippen molar-refractivity contribution in [2.24, 2.45) is 0 Å². The van der Waals surface area contributed by atoms with E-state index in [1.54, 1.807) is 24.3 Å². The first kappa shape index (κ1) is 23.8. The molecule has 1 aliphatic carbocycles. The van der Waals surface area contributed by atoms with Gasteiger partial charge in [-0.2, -0.15) is 0 Å². The van der Waals surface area contributed by atoms with E-state index >= 15 is 0 Å². The van der Waals surface area contributed by atoms with Crippen molar-refractivity contribution in [1.29, 1.82) is 0 Å². The van der Waals surface area contributed by atoms with Gasteiger partial charge in [0, 0.05) is 18.5 Å². The highest BCUT2D eigenvalue weighted by molar-refractivity contribution is 5.95. The predicted molar refractivity (Wildman–Crippen MR) is 134 cm³/mol. The van der Waals surface area contributed by atoms with Gasteiger partial charge in [0.05, 0.1) is 0 Å².